The minimum atomic E-state index is -1.74. The molecule has 0 fully saturated rings. The van der Waals surface area contributed by atoms with Crippen LogP contribution in [0.4, 0.5) is 0 Å². The van der Waals surface area contributed by atoms with Crippen LogP contribution >= 0.6 is 11.6 Å². The molecule has 1 unspecified atom stereocenters. The van der Waals surface area contributed by atoms with Gasteiger partial charge >= 0.3 is 5.97 Å². The lowest BCUT2D eigenvalue weighted by atomic mass is 9.87. The van der Waals surface area contributed by atoms with Crippen molar-refractivity contribution < 1.29 is 24.2 Å². The number of carboxylic acid groups (broad SMARTS) is 1. The minimum Gasteiger partial charge on any atom is -0.493 e. The first-order valence-corrected chi connectivity index (χ1v) is 12.7. The highest BCUT2D eigenvalue weighted by Crippen LogP contribution is 2.42. The van der Waals surface area contributed by atoms with E-state index in [0.717, 1.165) is 16.7 Å². The molecule has 4 aromatic rings. The lowest BCUT2D eigenvalue weighted by Crippen LogP contribution is -2.46. The number of amides is 1. The van der Waals surface area contributed by atoms with Gasteiger partial charge in [0, 0.05) is 18.0 Å². The van der Waals surface area contributed by atoms with E-state index in [-0.39, 0.29) is 30.2 Å². The Kier molecular flexibility index (Phi) is 7.33. The summed E-state index contributed by atoms with van der Waals surface area (Å²) in [4.78, 5) is 25.7. The van der Waals surface area contributed by atoms with Gasteiger partial charge in [-0.1, -0.05) is 78.3 Å². The number of carbonyl (C=O) groups excluding carboxylic acids is 1. The molecular formula is C31H26ClNO5. The first kappa shape index (κ1) is 25.4. The molecule has 1 aliphatic heterocycles. The lowest BCUT2D eigenvalue weighted by Gasteiger charge is -2.36. The Balaban J connectivity index is 1.30. The van der Waals surface area contributed by atoms with Gasteiger partial charge in [0.2, 0.25) is 5.60 Å². The fourth-order valence-corrected chi connectivity index (χ4v) is 4.77. The van der Waals surface area contributed by atoms with Gasteiger partial charge in [-0.05, 0) is 53.4 Å². The zero-order chi connectivity index (χ0) is 26.5. The number of fused-ring (bicyclic) bond motifs is 1. The molecule has 5 rings (SSSR count). The van der Waals surface area contributed by atoms with E-state index in [0.29, 0.717) is 29.3 Å². The van der Waals surface area contributed by atoms with Crippen molar-refractivity contribution in [2.75, 3.05) is 13.2 Å². The Bertz CT molecular complexity index is 1460. The van der Waals surface area contributed by atoms with Crippen LogP contribution in [0.2, 0.25) is 5.02 Å². The van der Waals surface area contributed by atoms with Crippen LogP contribution in [0.25, 0.3) is 11.1 Å². The smallest absolute Gasteiger partial charge is 0.353 e. The number of benzene rings is 4. The molecule has 0 aromatic heterocycles. The van der Waals surface area contributed by atoms with Crippen LogP contribution in [0.1, 0.15) is 27.9 Å². The summed E-state index contributed by atoms with van der Waals surface area (Å²) in [5.41, 5.74) is 2.20. The number of rotatable bonds is 8. The quantitative estimate of drug-likeness (QED) is 0.288. The molecule has 0 saturated carbocycles. The van der Waals surface area contributed by atoms with Gasteiger partial charge in [0.05, 0.1) is 17.7 Å². The fourth-order valence-electron chi connectivity index (χ4n) is 4.60. The maximum absolute atomic E-state index is 13.1. The highest BCUT2D eigenvalue weighted by molar-refractivity contribution is 6.30. The topological polar surface area (TPSA) is 84.9 Å². The first-order valence-electron chi connectivity index (χ1n) is 12.3. The molecule has 7 heteroatoms. The highest BCUT2D eigenvalue weighted by Gasteiger charge is 2.48. The predicted molar refractivity (Wildman–Crippen MR) is 146 cm³/mol. The Morgan fingerprint density at radius 3 is 2.39 bits per heavy atom. The highest BCUT2D eigenvalue weighted by atomic mass is 35.5. The SMILES string of the molecule is O=C(NCCc1ccc(-c2ccccc2)cc1)c1ccccc1OC1(C(=O)O)CCOc2ccc(Cl)cc21. The van der Waals surface area contributed by atoms with Crippen LogP contribution in [-0.4, -0.2) is 30.1 Å². The number of para-hydroxylation sites is 1. The molecule has 0 saturated heterocycles. The Morgan fingerprint density at radius 1 is 0.921 bits per heavy atom. The van der Waals surface area contributed by atoms with Crippen molar-refractivity contribution in [3.63, 3.8) is 0 Å². The molecule has 4 aromatic carbocycles. The molecule has 1 amide bonds. The van der Waals surface area contributed by atoms with Gasteiger partial charge in [-0.25, -0.2) is 4.79 Å². The predicted octanol–water partition coefficient (Wildman–Crippen LogP) is 6.12. The van der Waals surface area contributed by atoms with E-state index in [4.69, 9.17) is 21.1 Å². The minimum absolute atomic E-state index is 0.0601. The molecule has 192 valence electrons. The number of halogens is 1. The summed E-state index contributed by atoms with van der Waals surface area (Å²) < 4.78 is 11.8. The van der Waals surface area contributed by atoms with E-state index in [1.165, 1.54) is 6.07 Å². The molecule has 6 nitrogen and oxygen atoms in total. The number of hydrogen-bond donors (Lipinski definition) is 2. The monoisotopic (exact) mass is 527 g/mol. The number of nitrogens with one attached hydrogen (secondary N) is 1. The molecule has 2 N–H and O–H groups in total. The maximum Gasteiger partial charge on any atom is 0.353 e. The molecule has 1 heterocycles. The van der Waals surface area contributed by atoms with Crippen LogP contribution in [0, 0.1) is 0 Å². The van der Waals surface area contributed by atoms with Crippen molar-refractivity contribution in [1.29, 1.82) is 0 Å². The molecule has 1 aliphatic rings. The van der Waals surface area contributed by atoms with Gasteiger partial charge in [-0.2, -0.15) is 0 Å². The van der Waals surface area contributed by atoms with Crippen LogP contribution in [-0.2, 0) is 16.8 Å². The largest absolute Gasteiger partial charge is 0.493 e. The van der Waals surface area contributed by atoms with E-state index < -0.39 is 11.6 Å². The number of aliphatic carboxylic acids is 1. The van der Waals surface area contributed by atoms with Crippen LogP contribution in [0.5, 0.6) is 11.5 Å². The summed E-state index contributed by atoms with van der Waals surface area (Å²) in [5.74, 6) is -0.963. The normalized spacial score (nSPS) is 16.1. The van der Waals surface area contributed by atoms with Gasteiger partial charge in [-0.15, -0.1) is 0 Å². The van der Waals surface area contributed by atoms with Crippen molar-refractivity contribution in [2.24, 2.45) is 0 Å². The summed E-state index contributed by atoms with van der Waals surface area (Å²) in [6.45, 7) is 0.562. The molecule has 0 bridgehead atoms. The van der Waals surface area contributed by atoms with Gasteiger partial charge in [0.25, 0.3) is 5.91 Å². The van der Waals surface area contributed by atoms with Crippen LogP contribution in [0.15, 0.2) is 97.1 Å². The standard InChI is InChI=1S/C31H26ClNO5/c32-24-14-15-28-26(20-24)31(30(35)36,17-19-37-28)38-27-9-5-4-8-25(27)29(34)33-18-16-21-10-12-23(13-11-21)22-6-2-1-3-7-22/h1-15,20H,16-19H2,(H,33,34)(H,35,36). The van der Waals surface area contributed by atoms with Crippen LogP contribution in [0.3, 0.4) is 0 Å². The summed E-state index contributed by atoms with van der Waals surface area (Å²) in [5, 5.41) is 13.5. The van der Waals surface area contributed by atoms with Crippen molar-refractivity contribution in [3.8, 4) is 22.6 Å². The summed E-state index contributed by atoms with van der Waals surface area (Å²) in [6, 6.07) is 29.8. The molecular weight excluding hydrogens is 502 g/mol. The van der Waals surface area contributed by atoms with Gasteiger partial charge in [0.15, 0.2) is 0 Å². The average molecular weight is 528 g/mol. The molecule has 0 radical (unpaired) electrons. The Hall–Kier alpha value is -4.29. The van der Waals surface area contributed by atoms with Gasteiger partial charge < -0.3 is 19.9 Å². The number of carbonyl (C=O) groups is 2. The van der Waals surface area contributed by atoms with Crippen molar-refractivity contribution in [3.05, 3.63) is 119 Å². The second-order valence-corrected chi connectivity index (χ2v) is 9.47. The van der Waals surface area contributed by atoms with E-state index in [1.807, 2.05) is 18.2 Å². The van der Waals surface area contributed by atoms with E-state index in [9.17, 15) is 14.7 Å². The zero-order valence-electron chi connectivity index (χ0n) is 20.5. The van der Waals surface area contributed by atoms with E-state index >= 15 is 0 Å². The number of ether oxygens (including phenoxy) is 2. The van der Waals surface area contributed by atoms with Crippen molar-refractivity contribution in [1.82, 2.24) is 5.32 Å². The summed E-state index contributed by atoms with van der Waals surface area (Å²) in [7, 11) is 0. The summed E-state index contributed by atoms with van der Waals surface area (Å²) >= 11 is 6.17. The third-order valence-corrected chi connectivity index (χ3v) is 6.85. The fraction of sp³-hybridized carbons (Fsp3) is 0.161. The molecule has 38 heavy (non-hydrogen) atoms. The van der Waals surface area contributed by atoms with Crippen molar-refractivity contribution >= 4 is 23.5 Å². The number of hydrogen-bond acceptors (Lipinski definition) is 4. The average Bonchev–Trinajstić information content (AvgIpc) is 2.94. The van der Waals surface area contributed by atoms with Gasteiger partial charge in [0.1, 0.15) is 11.5 Å². The first-order chi connectivity index (χ1) is 18.5. The van der Waals surface area contributed by atoms with Gasteiger partial charge in [-0.3, -0.25) is 4.79 Å². The Morgan fingerprint density at radius 2 is 1.63 bits per heavy atom. The van der Waals surface area contributed by atoms with Crippen molar-refractivity contribution in [2.45, 2.75) is 18.4 Å². The summed E-state index contributed by atoms with van der Waals surface area (Å²) in [6.07, 6.45) is 0.705. The maximum atomic E-state index is 13.1. The molecule has 1 atom stereocenters. The Labute approximate surface area is 225 Å². The third kappa shape index (κ3) is 5.22. The molecule has 0 spiro atoms. The lowest BCUT2D eigenvalue weighted by molar-refractivity contribution is -0.159. The molecule has 0 aliphatic carbocycles. The van der Waals surface area contributed by atoms with Crippen LogP contribution < -0.4 is 14.8 Å². The van der Waals surface area contributed by atoms with E-state index in [2.05, 4.69) is 41.7 Å². The zero-order valence-corrected chi connectivity index (χ0v) is 21.3. The second kappa shape index (κ2) is 11.0. The number of carboxylic acids is 1. The van der Waals surface area contributed by atoms with E-state index in [1.54, 1.807) is 36.4 Å². The third-order valence-electron chi connectivity index (χ3n) is 6.61. The second-order valence-electron chi connectivity index (χ2n) is 9.04.